The summed E-state index contributed by atoms with van der Waals surface area (Å²) >= 11 is 0. The first-order valence-corrected chi connectivity index (χ1v) is 21.2. The minimum absolute atomic E-state index is 0.247. The van der Waals surface area contributed by atoms with Crippen molar-refractivity contribution < 1.29 is 47.0 Å². The molecule has 0 bridgehead atoms. The monoisotopic (exact) mass is 832 g/mol. The lowest BCUT2D eigenvalue weighted by molar-refractivity contribution is -0.173. The molecular formula is C48H46B2N2O10. The zero-order valence-corrected chi connectivity index (χ0v) is 34.3. The second kappa shape index (κ2) is 20.1. The third-order valence-corrected chi connectivity index (χ3v) is 11.5. The maximum Gasteiger partial charge on any atom is 0.494 e. The minimum atomic E-state index is -0.585. The Labute approximate surface area is 362 Å². The summed E-state index contributed by atoms with van der Waals surface area (Å²) in [5, 5.41) is 18.3. The molecule has 4 fully saturated rings. The maximum atomic E-state index is 9.18. The van der Waals surface area contributed by atoms with E-state index in [4.69, 9.17) is 52.3 Å². The summed E-state index contributed by atoms with van der Waals surface area (Å²) in [4.78, 5) is 0. The Kier molecular flexibility index (Phi) is 13.6. The van der Waals surface area contributed by atoms with E-state index in [0.717, 1.165) is 53.3 Å². The first-order chi connectivity index (χ1) is 30.6. The Morgan fingerprint density at radius 2 is 1.11 bits per heavy atom. The molecule has 4 saturated heterocycles. The van der Waals surface area contributed by atoms with Gasteiger partial charge in [0.15, 0.2) is 12.6 Å². The highest BCUT2D eigenvalue weighted by molar-refractivity contribution is 6.62. The molecule has 0 N–H and O–H groups in total. The lowest BCUT2D eigenvalue weighted by Crippen LogP contribution is -2.35. The number of rotatable bonds is 14. The van der Waals surface area contributed by atoms with Crippen LogP contribution in [0.2, 0.25) is 0 Å². The molecule has 9 rings (SSSR count). The van der Waals surface area contributed by atoms with Gasteiger partial charge in [0.2, 0.25) is 0 Å². The van der Waals surface area contributed by atoms with E-state index in [0.29, 0.717) is 80.2 Å². The van der Waals surface area contributed by atoms with Crippen molar-refractivity contribution in [2.75, 3.05) is 33.0 Å². The highest BCUT2D eigenvalue weighted by atomic mass is 16.7. The highest BCUT2D eigenvalue weighted by Gasteiger charge is 2.36. The lowest BCUT2D eigenvalue weighted by atomic mass is 9.76. The molecule has 0 aliphatic carbocycles. The summed E-state index contributed by atoms with van der Waals surface area (Å²) in [5.74, 6) is 2.80. The van der Waals surface area contributed by atoms with E-state index < -0.39 is 20.5 Å². The zero-order chi connectivity index (χ0) is 42.1. The van der Waals surface area contributed by atoms with Gasteiger partial charge >= 0.3 is 14.2 Å². The van der Waals surface area contributed by atoms with Crippen molar-refractivity contribution in [2.24, 2.45) is 0 Å². The number of benzene rings is 5. The summed E-state index contributed by atoms with van der Waals surface area (Å²) in [6.07, 6.45) is 3.66. The lowest BCUT2D eigenvalue weighted by Gasteiger charge is -2.30. The van der Waals surface area contributed by atoms with Gasteiger partial charge in [0.1, 0.15) is 23.0 Å². The van der Waals surface area contributed by atoms with Crippen molar-refractivity contribution in [1.82, 2.24) is 0 Å². The molecular weight excluding hydrogens is 786 g/mol. The molecule has 5 aromatic rings. The summed E-state index contributed by atoms with van der Waals surface area (Å²) in [6, 6.07) is 38.5. The SMILES string of the molecule is N#Cc1ccc(Oc2ccc(B3OCCO3)c(COC3CC(c4ccc(C5COB(c6ccc(Oc7ccc(C#N)cc7)cc6COC6CCCCO6)O5)cc4)CCO3)c2)cc1. The molecule has 5 aromatic carbocycles. The fourth-order valence-electron chi connectivity index (χ4n) is 8.12. The van der Waals surface area contributed by atoms with E-state index in [9.17, 15) is 5.26 Å². The molecule has 0 aromatic heterocycles. The topological polar surface area (TPSA) is 140 Å². The number of nitrogens with zero attached hydrogens (tertiary/aromatic N) is 2. The third-order valence-electron chi connectivity index (χ3n) is 11.5. The van der Waals surface area contributed by atoms with E-state index >= 15 is 0 Å². The van der Waals surface area contributed by atoms with Gasteiger partial charge in [-0.3, -0.25) is 0 Å². The second-order valence-corrected chi connectivity index (χ2v) is 15.7. The fourth-order valence-corrected chi connectivity index (χ4v) is 8.12. The molecule has 314 valence electrons. The maximum absolute atomic E-state index is 9.18. The van der Waals surface area contributed by atoms with Crippen molar-refractivity contribution in [1.29, 1.82) is 10.5 Å². The van der Waals surface area contributed by atoms with Crippen molar-refractivity contribution in [3.63, 3.8) is 0 Å². The van der Waals surface area contributed by atoms with Gasteiger partial charge < -0.3 is 47.0 Å². The van der Waals surface area contributed by atoms with Crippen molar-refractivity contribution in [2.45, 2.75) is 69.9 Å². The molecule has 4 unspecified atom stereocenters. The van der Waals surface area contributed by atoms with E-state index in [1.807, 2.05) is 36.4 Å². The smallest absolute Gasteiger partial charge is 0.457 e. The average molecular weight is 833 g/mol. The normalized spacial score (nSPS) is 21.3. The second-order valence-electron chi connectivity index (χ2n) is 15.7. The van der Waals surface area contributed by atoms with Gasteiger partial charge in [-0.2, -0.15) is 10.5 Å². The van der Waals surface area contributed by atoms with Crippen molar-refractivity contribution in [3.8, 4) is 35.1 Å². The van der Waals surface area contributed by atoms with E-state index in [1.165, 1.54) is 5.56 Å². The van der Waals surface area contributed by atoms with Crippen LogP contribution in [-0.2, 0) is 50.8 Å². The van der Waals surface area contributed by atoms with Crippen LogP contribution in [0.3, 0.4) is 0 Å². The standard InChI is InChI=1S/C48H46B2N2O10/c51-28-33-4-12-40(13-5-33)60-42-16-18-44(49-57-23-24-58-49)38(25-42)31-56-48-27-37(20-22-54-48)35-8-10-36(11-9-35)46-32-59-50(62-46)45-19-17-43(61-41-14-6-34(29-52)7-15-41)26-39(45)30-55-47-3-1-2-21-53-47/h4-19,25-26,37,46-48H,1-3,20-24,27,30-32H2. The van der Waals surface area contributed by atoms with Gasteiger partial charge in [-0.15, -0.1) is 0 Å². The summed E-state index contributed by atoms with van der Waals surface area (Å²) < 4.78 is 61.5. The van der Waals surface area contributed by atoms with Crippen LogP contribution in [0.4, 0.5) is 0 Å². The Balaban J connectivity index is 0.830. The van der Waals surface area contributed by atoms with Crippen LogP contribution in [0.15, 0.2) is 109 Å². The Morgan fingerprint density at radius 1 is 0.548 bits per heavy atom. The molecule has 4 heterocycles. The van der Waals surface area contributed by atoms with Gasteiger partial charge in [0.05, 0.1) is 69.0 Å². The molecule has 0 spiro atoms. The Bertz CT molecular complexity index is 2360. The fraction of sp³-hybridized carbons (Fsp3) is 0.333. The molecule has 62 heavy (non-hydrogen) atoms. The Morgan fingerprint density at radius 3 is 1.71 bits per heavy atom. The minimum Gasteiger partial charge on any atom is -0.457 e. The average Bonchev–Trinajstić information content (AvgIpc) is 4.06. The van der Waals surface area contributed by atoms with Crippen LogP contribution in [-0.4, -0.2) is 59.9 Å². The molecule has 0 amide bonds. The zero-order valence-electron chi connectivity index (χ0n) is 34.3. The summed E-state index contributed by atoms with van der Waals surface area (Å²) in [7, 11) is -1.06. The molecule has 0 radical (unpaired) electrons. The van der Waals surface area contributed by atoms with E-state index in [-0.39, 0.29) is 24.9 Å². The molecule has 12 nitrogen and oxygen atoms in total. The van der Waals surface area contributed by atoms with Gasteiger partial charge in [-0.1, -0.05) is 36.4 Å². The molecule has 4 atom stereocenters. The van der Waals surface area contributed by atoms with Crippen LogP contribution in [0, 0.1) is 22.7 Å². The van der Waals surface area contributed by atoms with E-state index in [2.05, 4.69) is 36.4 Å². The molecule has 4 aliphatic heterocycles. The van der Waals surface area contributed by atoms with Gasteiger partial charge in [0.25, 0.3) is 0 Å². The largest absolute Gasteiger partial charge is 0.494 e. The van der Waals surface area contributed by atoms with Crippen LogP contribution in [0.1, 0.15) is 77.5 Å². The van der Waals surface area contributed by atoms with Gasteiger partial charge in [-0.25, -0.2) is 0 Å². The first-order valence-electron chi connectivity index (χ1n) is 21.2. The summed E-state index contributed by atoms with van der Waals surface area (Å²) in [6.45, 7) is 3.34. The molecule has 4 aliphatic rings. The third kappa shape index (κ3) is 10.4. The molecule has 14 heteroatoms. The van der Waals surface area contributed by atoms with Crippen molar-refractivity contribution >= 4 is 25.2 Å². The van der Waals surface area contributed by atoms with Crippen LogP contribution < -0.4 is 20.4 Å². The number of hydrogen-bond donors (Lipinski definition) is 0. The number of hydrogen-bond acceptors (Lipinski definition) is 12. The predicted molar refractivity (Wildman–Crippen MR) is 229 cm³/mol. The Hall–Kier alpha value is -5.51. The number of ether oxygens (including phenoxy) is 6. The van der Waals surface area contributed by atoms with Crippen molar-refractivity contribution in [3.05, 3.63) is 143 Å². The van der Waals surface area contributed by atoms with Crippen LogP contribution in [0.25, 0.3) is 0 Å². The van der Waals surface area contributed by atoms with Gasteiger partial charge in [0, 0.05) is 13.0 Å². The summed E-state index contributed by atoms with van der Waals surface area (Å²) in [5.41, 5.74) is 6.94. The van der Waals surface area contributed by atoms with Crippen LogP contribution in [0.5, 0.6) is 23.0 Å². The van der Waals surface area contributed by atoms with E-state index in [1.54, 1.807) is 48.5 Å². The quantitative estimate of drug-likeness (QED) is 0.101. The van der Waals surface area contributed by atoms with Crippen LogP contribution >= 0.6 is 0 Å². The highest BCUT2D eigenvalue weighted by Crippen LogP contribution is 2.34. The number of nitriles is 2. The predicted octanol–water partition coefficient (Wildman–Crippen LogP) is 7.72. The van der Waals surface area contributed by atoms with Gasteiger partial charge in [-0.05, 0) is 138 Å². The first kappa shape index (κ1) is 41.8. The molecule has 0 saturated carbocycles.